The van der Waals surface area contributed by atoms with Crippen molar-refractivity contribution in [1.29, 1.82) is 0 Å². The number of allylic oxidation sites excluding steroid dienone is 20. The van der Waals surface area contributed by atoms with Crippen molar-refractivity contribution in [3.63, 3.8) is 0 Å². The molecule has 1 rings (SSSR count). The molecular weight excluding hydrogens is 496 g/mol. The predicted molar refractivity (Wildman–Crippen MR) is 185 cm³/mol. The van der Waals surface area contributed by atoms with Crippen molar-refractivity contribution in [2.24, 2.45) is 0 Å². The largest absolute Gasteiger partial charge is 0.367 e. The summed E-state index contributed by atoms with van der Waals surface area (Å²) in [4.78, 5) is 0. The van der Waals surface area contributed by atoms with Gasteiger partial charge in [-0.25, -0.2) is 0 Å². The molecule has 41 heavy (non-hydrogen) atoms. The van der Waals surface area contributed by atoms with E-state index in [9.17, 15) is 0 Å². The Balaban J connectivity index is 2.35. The minimum absolute atomic E-state index is 0.112. The van der Waals surface area contributed by atoms with Gasteiger partial charge in [-0.1, -0.05) is 118 Å². The first-order chi connectivity index (χ1) is 19.4. The Morgan fingerprint density at radius 2 is 0.951 bits per heavy atom. The van der Waals surface area contributed by atoms with Crippen LogP contribution in [0.2, 0.25) is 0 Å². The van der Waals surface area contributed by atoms with Gasteiger partial charge in [-0.3, -0.25) is 0 Å². The van der Waals surface area contributed by atoms with E-state index in [0.717, 1.165) is 44.9 Å². The Bertz CT molecular complexity index is 1100. The van der Waals surface area contributed by atoms with Crippen LogP contribution in [0.15, 0.2) is 118 Å². The minimum Gasteiger partial charge on any atom is -0.367 e. The molecule has 1 fully saturated rings. The van der Waals surface area contributed by atoms with Crippen LogP contribution in [0.25, 0.3) is 0 Å². The van der Waals surface area contributed by atoms with Crippen molar-refractivity contribution in [2.75, 3.05) is 0 Å². The van der Waals surface area contributed by atoms with E-state index in [4.69, 9.17) is 4.74 Å². The fraction of sp³-hybridized carbons (Fsp3) is 0.500. The van der Waals surface area contributed by atoms with E-state index in [1.165, 1.54) is 45.4 Å². The highest BCUT2D eigenvalue weighted by Crippen LogP contribution is 2.38. The Morgan fingerprint density at radius 1 is 0.537 bits per heavy atom. The molecule has 0 radical (unpaired) electrons. The van der Waals surface area contributed by atoms with Gasteiger partial charge in [0.2, 0.25) is 0 Å². The molecular formula is C40H60O. The molecule has 1 saturated heterocycles. The van der Waals surface area contributed by atoms with Crippen molar-refractivity contribution >= 4 is 0 Å². The summed E-state index contributed by atoms with van der Waals surface area (Å²) in [5, 5.41) is 0. The first-order valence-corrected chi connectivity index (χ1v) is 15.7. The molecule has 0 aromatic heterocycles. The third-order valence-electron chi connectivity index (χ3n) is 7.43. The van der Waals surface area contributed by atoms with Crippen LogP contribution < -0.4 is 0 Å². The fourth-order valence-corrected chi connectivity index (χ4v) is 4.40. The quantitative estimate of drug-likeness (QED) is 0.0929. The molecule has 1 heteroatoms. The van der Waals surface area contributed by atoms with E-state index in [2.05, 4.69) is 148 Å². The molecule has 0 N–H and O–H groups in total. The van der Waals surface area contributed by atoms with Gasteiger partial charge < -0.3 is 4.74 Å². The lowest BCUT2D eigenvalue weighted by Crippen LogP contribution is -2.02. The smallest absolute Gasteiger partial charge is 0.0892 e. The molecule has 1 aliphatic heterocycles. The lowest BCUT2D eigenvalue weighted by molar-refractivity contribution is 0.320. The predicted octanol–water partition coefficient (Wildman–Crippen LogP) is 12.6. The van der Waals surface area contributed by atoms with E-state index in [1.807, 2.05) is 0 Å². The molecule has 1 heterocycles. The summed E-state index contributed by atoms with van der Waals surface area (Å²) < 4.78 is 5.69. The highest BCUT2D eigenvalue weighted by molar-refractivity contribution is 5.30. The van der Waals surface area contributed by atoms with Gasteiger partial charge in [0.15, 0.2) is 0 Å². The number of ether oxygens (including phenoxy) is 1. The van der Waals surface area contributed by atoms with Gasteiger partial charge in [-0.2, -0.15) is 0 Å². The maximum Gasteiger partial charge on any atom is 0.0892 e. The molecule has 0 spiro atoms. The summed E-state index contributed by atoms with van der Waals surface area (Å²) in [5.41, 5.74) is 9.82. The van der Waals surface area contributed by atoms with Gasteiger partial charge in [0.1, 0.15) is 0 Å². The molecule has 0 aromatic rings. The molecule has 226 valence electrons. The van der Waals surface area contributed by atoms with Gasteiger partial charge in [-0.05, 0) is 121 Å². The molecule has 0 aromatic carbocycles. The second-order valence-corrected chi connectivity index (χ2v) is 12.7. The van der Waals surface area contributed by atoms with Crippen molar-refractivity contribution in [2.45, 2.75) is 132 Å². The van der Waals surface area contributed by atoms with Gasteiger partial charge in [0.05, 0.1) is 11.7 Å². The molecule has 0 aliphatic carbocycles. The molecule has 0 unspecified atom stereocenters. The van der Waals surface area contributed by atoms with E-state index in [-0.39, 0.29) is 5.60 Å². The first-order valence-electron chi connectivity index (χ1n) is 15.7. The Morgan fingerprint density at radius 3 is 1.39 bits per heavy atom. The highest BCUT2D eigenvalue weighted by atomic mass is 16.6. The zero-order chi connectivity index (χ0) is 30.7. The number of epoxide rings is 1. The summed E-state index contributed by atoms with van der Waals surface area (Å²) in [6.45, 7) is 21.9. The van der Waals surface area contributed by atoms with Gasteiger partial charge >= 0.3 is 0 Å². The first kappa shape index (κ1) is 36.4. The lowest BCUT2D eigenvalue weighted by Gasteiger charge is -2.01. The van der Waals surface area contributed by atoms with Crippen LogP contribution in [0.1, 0.15) is 121 Å². The zero-order valence-corrected chi connectivity index (χ0v) is 28.1. The normalized spacial score (nSPS) is 19.2. The highest BCUT2D eigenvalue weighted by Gasteiger charge is 2.46. The minimum atomic E-state index is 0.112. The van der Waals surface area contributed by atoms with E-state index in [1.54, 1.807) is 0 Å². The van der Waals surface area contributed by atoms with Gasteiger partial charge in [-0.15, -0.1) is 0 Å². The average molecular weight is 557 g/mol. The molecule has 0 amide bonds. The SMILES string of the molecule is CC(C)=CCC/C(C)=C/CC/C(C)=C/C=C/C(C)=C/C=C/C=C(C)/C=C/C=C(\C)CC/C=C(\C)CC[C@H]1OC1(C)C. The van der Waals surface area contributed by atoms with E-state index >= 15 is 0 Å². The third-order valence-corrected chi connectivity index (χ3v) is 7.43. The van der Waals surface area contributed by atoms with Gasteiger partial charge in [0, 0.05) is 0 Å². The van der Waals surface area contributed by atoms with Crippen molar-refractivity contribution in [1.82, 2.24) is 0 Å². The van der Waals surface area contributed by atoms with Crippen LogP contribution in [-0.4, -0.2) is 11.7 Å². The Kier molecular flexibility index (Phi) is 18.0. The Labute approximate surface area is 254 Å². The molecule has 1 atom stereocenters. The topological polar surface area (TPSA) is 12.5 Å². The Hall–Kier alpha value is -2.64. The lowest BCUT2D eigenvalue weighted by atomic mass is 10.0. The summed E-state index contributed by atoms with van der Waals surface area (Å²) >= 11 is 0. The van der Waals surface area contributed by atoms with Gasteiger partial charge in [0.25, 0.3) is 0 Å². The maximum absolute atomic E-state index is 5.69. The van der Waals surface area contributed by atoms with E-state index < -0.39 is 0 Å². The van der Waals surface area contributed by atoms with Crippen LogP contribution in [0.4, 0.5) is 0 Å². The van der Waals surface area contributed by atoms with Crippen molar-refractivity contribution in [3.05, 3.63) is 118 Å². The summed E-state index contributed by atoms with van der Waals surface area (Å²) in [7, 11) is 0. The second kappa shape index (κ2) is 20.3. The van der Waals surface area contributed by atoms with Crippen LogP contribution in [0.5, 0.6) is 0 Å². The van der Waals surface area contributed by atoms with Crippen molar-refractivity contribution < 1.29 is 4.74 Å². The average Bonchev–Trinajstić information content (AvgIpc) is 3.51. The molecule has 0 saturated carbocycles. The standard InChI is InChI=1S/C40H60O/c1-32(2)18-13-21-35(5)24-16-27-36(6)25-14-22-33(3)19-11-12-20-34(4)23-15-26-37(7)28-17-29-38(8)30-31-39-40(9,10)41-39/h11-12,14-15,18-20,22-26,29,39H,13,16-17,21,27-28,30-31H2,1-10H3/b12-11+,22-14+,23-15+,33-19+,34-20+,35-24+,36-25+,37-26+,38-29+/t39-/m1/s1. The number of hydrogen-bond donors (Lipinski definition) is 0. The summed E-state index contributed by atoms with van der Waals surface area (Å²) in [6, 6.07) is 0. The van der Waals surface area contributed by atoms with Crippen LogP contribution in [0, 0.1) is 0 Å². The molecule has 0 bridgehead atoms. The molecule has 1 nitrogen and oxygen atoms in total. The van der Waals surface area contributed by atoms with Crippen LogP contribution in [0.3, 0.4) is 0 Å². The van der Waals surface area contributed by atoms with Crippen LogP contribution >= 0.6 is 0 Å². The molecule has 1 aliphatic rings. The van der Waals surface area contributed by atoms with E-state index in [0.29, 0.717) is 6.10 Å². The van der Waals surface area contributed by atoms with Crippen LogP contribution in [-0.2, 0) is 4.74 Å². The number of hydrogen-bond acceptors (Lipinski definition) is 1. The maximum atomic E-state index is 5.69. The summed E-state index contributed by atoms with van der Waals surface area (Å²) in [6.07, 6.45) is 38.3. The number of rotatable bonds is 18. The van der Waals surface area contributed by atoms with Crippen molar-refractivity contribution in [3.8, 4) is 0 Å². The second-order valence-electron chi connectivity index (χ2n) is 12.7. The fourth-order valence-electron chi connectivity index (χ4n) is 4.40. The monoisotopic (exact) mass is 556 g/mol. The third kappa shape index (κ3) is 20.0. The summed E-state index contributed by atoms with van der Waals surface area (Å²) in [5.74, 6) is 0. The zero-order valence-electron chi connectivity index (χ0n) is 28.1.